The first kappa shape index (κ1) is 16.6. The second-order valence-electron chi connectivity index (χ2n) is 5.06. The van der Waals surface area contributed by atoms with Gasteiger partial charge in [0.15, 0.2) is 0 Å². The molecular formula is C19H15ClN2OS. The Morgan fingerprint density at radius 3 is 2.54 bits per heavy atom. The van der Waals surface area contributed by atoms with Gasteiger partial charge in [-0.3, -0.25) is 4.79 Å². The predicted octanol–water partition coefficient (Wildman–Crippen LogP) is 5.28. The van der Waals surface area contributed by atoms with Crippen LogP contribution in [0.25, 0.3) is 0 Å². The van der Waals surface area contributed by atoms with Crippen molar-refractivity contribution in [2.45, 2.75) is 10.8 Å². The molecule has 24 heavy (non-hydrogen) atoms. The molecule has 0 aliphatic carbocycles. The van der Waals surface area contributed by atoms with Gasteiger partial charge in [0.05, 0.1) is 16.3 Å². The van der Waals surface area contributed by atoms with E-state index >= 15 is 0 Å². The Hall–Kier alpha value is -2.30. The Morgan fingerprint density at radius 2 is 1.75 bits per heavy atom. The molecule has 0 unspecified atom stereocenters. The first-order chi connectivity index (χ1) is 11.7. The number of aromatic nitrogens is 1. The molecule has 0 radical (unpaired) electrons. The van der Waals surface area contributed by atoms with E-state index in [1.165, 1.54) is 17.3 Å². The third-order valence-electron chi connectivity index (χ3n) is 3.36. The third-order valence-corrected chi connectivity index (χ3v) is 4.76. The van der Waals surface area contributed by atoms with Crippen LogP contribution < -0.4 is 5.32 Å². The number of carbonyl (C=O) groups is 1. The van der Waals surface area contributed by atoms with E-state index in [-0.39, 0.29) is 5.91 Å². The highest BCUT2D eigenvalue weighted by molar-refractivity contribution is 7.98. The van der Waals surface area contributed by atoms with Gasteiger partial charge in [0.25, 0.3) is 5.91 Å². The maximum absolute atomic E-state index is 12.6. The van der Waals surface area contributed by atoms with Crippen LogP contribution in [0.3, 0.4) is 0 Å². The molecule has 0 saturated heterocycles. The predicted molar refractivity (Wildman–Crippen MR) is 99.6 cm³/mol. The molecule has 0 aliphatic rings. The minimum absolute atomic E-state index is 0.216. The van der Waals surface area contributed by atoms with Crippen molar-refractivity contribution in [2.24, 2.45) is 0 Å². The zero-order chi connectivity index (χ0) is 16.8. The van der Waals surface area contributed by atoms with E-state index in [9.17, 15) is 4.79 Å². The van der Waals surface area contributed by atoms with Crippen LogP contribution in [0, 0.1) is 0 Å². The van der Waals surface area contributed by atoms with E-state index in [2.05, 4.69) is 22.4 Å². The summed E-state index contributed by atoms with van der Waals surface area (Å²) >= 11 is 7.64. The molecule has 5 heteroatoms. The van der Waals surface area contributed by atoms with Crippen LogP contribution in [-0.4, -0.2) is 10.9 Å². The van der Waals surface area contributed by atoms with Gasteiger partial charge in [-0.15, -0.1) is 11.8 Å². The van der Waals surface area contributed by atoms with Crippen molar-refractivity contribution in [1.29, 1.82) is 0 Å². The van der Waals surface area contributed by atoms with Gasteiger partial charge in [0.1, 0.15) is 5.03 Å². The van der Waals surface area contributed by atoms with E-state index in [0.717, 1.165) is 5.75 Å². The van der Waals surface area contributed by atoms with Crippen LogP contribution in [0.1, 0.15) is 15.9 Å². The molecule has 1 heterocycles. The maximum Gasteiger partial charge on any atom is 0.258 e. The van der Waals surface area contributed by atoms with Gasteiger partial charge < -0.3 is 5.32 Å². The lowest BCUT2D eigenvalue weighted by Gasteiger charge is -2.10. The zero-order valence-electron chi connectivity index (χ0n) is 12.8. The first-order valence-electron chi connectivity index (χ1n) is 7.41. The largest absolute Gasteiger partial charge is 0.321 e. The standard InChI is InChI=1S/C19H15ClN2OS/c20-16-10-4-5-11-17(16)22-18(23)15-9-6-12-21-19(15)24-13-14-7-2-1-3-8-14/h1-12H,13H2,(H,22,23). The SMILES string of the molecule is O=C(Nc1ccccc1Cl)c1cccnc1SCc1ccccc1. The molecule has 1 N–H and O–H groups in total. The van der Waals surface area contributed by atoms with Gasteiger partial charge >= 0.3 is 0 Å². The molecule has 120 valence electrons. The van der Waals surface area contributed by atoms with Crippen LogP contribution in [-0.2, 0) is 5.75 Å². The number of hydrogen-bond donors (Lipinski definition) is 1. The number of rotatable bonds is 5. The topological polar surface area (TPSA) is 42.0 Å². The lowest BCUT2D eigenvalue weighted by molar-refractivity contribution is 0.102. The molecule has 3 rings (SSSR count). The number of pyridine rings is 1. The maximum atomic E-state index is 12.6. The van der Waals surface area contributed by atoms with E-state index in [0.29, 0.717) is 21.3 Å². The molecule has 0 fully saturated rings. The number of hydrogen-bond acceptors (Lipinski definition) is 3. The average Bonchev–Trinajstić information content (AvgIpc) is 2.63. The first-order valence-corrected chi connectivity index (χ1v) is 8.78. The molecule has 3 aromatic rings. The van der Waals surface area contributed by atoms with E-state index in [1.807, 2.05) is 30.3 Å². The molecule has 0 saturated carbocycles. The molecule has 0 spiro atoms. The highest BCUT2D eigenvalue weighted by Gasteiger charge is 2.14. The molecule has 0 aliphatic heterocycles. The van der Waals surface area contributed by atoms with Crippen molar-refractivity contribution >= 4 is 35.0 Å². The molecule has 3 nitrogen and oxygen atoms in total. The minimum Gasteiger partial charge on any atom is -0.321 e. The minimum atomic E-state index is -0.216. The Labute approximate surface area is 150 Å². The Morgan fingerprint density at radius 1 is 1.00 bits per heavy atom. The van der Waals surface area contributed by atoms with Gasteiger partial charge in [-0.1, -0.05) is 54.1 Å². The number of benzene rings is 2. The lowest BCUT2D eigenvalue weighted by atomic mass is 10.2. The highest BCUT2D eigenvalue weighted by atomic mass is 35.5. The highest BCUT2D eigenvalue weighted by Crippen LogP contribution is 2.26. The van der Waals surface area contributed by atoms with Crippen LogP contribution in [0.15, 0.2) is 78.0 Å². The monoisotopic (exact) mass is 354 g/mol. The number of amides is 1. The van der Waals surface area contributed by atoms with Gasteiger partial charge in [-0.2, -0.15) is 0 Å². The summed E-state index contributed by atoms with van der Waals surface area (Å²) in [5.74, 6) is 0.538. The zero-order valence-corrected chi connectivity index (χ0v) is 14.3. The summed E-state index contributed by atoms with van der Waals surface area (Å²) in [6, 6.07) is 20.8. The number of nitrogens with zero attached hydrogens (tertiary/aromatic N) is 1. The van der Waals surface area contributed by atoms with Crippen molar-refractivity contribution in [1.82, 2.24) is 4.98 Å². The fourth-order valence-electron chi connectivity index (χ4n) is 2.16. The molecule has 0 atom stereocenters. The van der Waals surface area contributed by atoms with Crippen LogP contribution >= 0.6 is 23.4 Å². The van der Waals surface area contributed by atoms with Crippen LogP contribution in [0.2, 0.25) is 5.02 Å². The molecule has 2 aromatic carbocycles. The molecular weight excluding hydrogens is 340 g/mol. The van der Waals surface area contributed by atoms with Gasteiger partial charge in [-0.05, 0) is 29.8 Å². The molecule has 0 bridgehead atoms. The van der Waals surface area contributed by atoms with Gasteiger partial charge in [0, 0.05) is 11.9 Å². The number of halogens is 1. The van der Waals surface area contributed by atoms with E-state index in [1.54, 1.807) is 30.5 Å². The summed E-state index contributed by atoms with van der Waals surface area (Å²) in [6.45, 7) is 0. The molecule has 1 amide bonds. The average molecular weight is 355 g/mol. The Balaban J connectivity index is 1.76. The second-order valence-corrected chi connectivity index (χ2v) is 6.44. The summed E-state index contributed by atoms with van der Waals surface area (Å²) in [5, 5.41) is 4.05. The summed E-state index contributed by atoms with van der Waals surface area (Å²) < 4.78 is 0. The number of anilines is 1. The number of thioether (sulfide) groups is 1. The van der Waals surface area contributed by atoms with Crippen LogP contribution in [0.4, 0.5) is 5.69 Å². The van der Waals surface area contributed by atoms with Gasteiger partial charge in [-0.25, -0.2) is 4.98 Å². The van der Waals surface area contributed by atoms with Crippen molar-refractivity contribution in [2.75, 3.05) is 5.32 Å². The number of para-hydroxylation sites is 1. The summed E-state index contributed by atoms with van der Waals surface area (Å²) in [6.07, 6.45) is 1.69. The van der Waals surface area contributed by atoms with Crippen molar-refractivity contribution in [3.8, 4) is 0 Å². The smallest absolute Gasteiger partial charge is 0.258 e. The Bertz CT molecular complexity index is 840. The number of carbonyl (C=O) groups excluding carboxylic acids is 1. The fourth-order valence-corrected chi connectivity index (χ4v) is 3.29. The molecule has 1 aromatic heterocycles. The van der Waals surface area contributed by atoms with Crippen molar-refractivity contribution in [3.05, 3.63) is 89.1 Å². The number of nitrogens with one attached hydrogen (secondary N) is 1. The Kier molecular flexibility index (Phi) is 5.51. The summed E-state index contributed by atoms with van der Waals surface area (Å²) in [4.78, 5) is 16.9. The van der Waals surface area contributed by atoms with Gasteiger partial charge in [0.2, 0.25) is 0 Å². The van der Waals surface area contributed by atoms with Crippen LogP contribution in [0.5, 0.6) is 0 Å². The quantitative estimate of drug-likeness (QED) is 0.634. The van der Waals surface area contributed by atoms with E-state index < -0.39 is 0 Å². The second kappa shape index (κ2) is 7.99. The fraction of sp³-hybridized carbons (Fsp3) is 0.0526. The van der Waals surface area contributed by atoms with E-state index in [4.69, 9.17) is 11.6 Å². The van der Waals surface area contributed by atoms with Crippen molar-refractivity contribution < 1.29 is 4.79 Å². The summed E-state index contributed by atoms with van der Waals surface area (Å²) in [7, 11) is 0. The van der Waals surface area contributed by atoms with Crippen molar-refractivity contribution in [3.63, 3.8) is 0 Å². The normalized spacial score (nSPS) is 10.4. The third kappa shape index (κ3) is 4.16. The summed E-state index contributed by atoms with van der Waals surface area (Å²) in [5.41, 5.74) is 2.32. The lowest BCUT2D eigenvalue weighted by Crippen LogP contribution is -2.13.